The number of amides is 1. The second kappa shape index (κ2) is 42.4. The van der Waals surface area contributed by atoms with Gasteiger partial charge in [-0.3, -0.25) is 4.79 Å². The molecular formula is C58H109NO18. The van der Waals surface area contributed by atoms with Crippen LogP contribution in [0.2, 0.25) is 0 Å². The fourth-order valence-electron chi connectivity index (χ4n) is 10.5. The molecule has 3 fully saturated rings. The first-order valence-electron chi connectivity index (χ1n) is 30.4. The third kappa shape index (κ3) is 26.5. The Labute approximate surface area is 461 Å². The lowest BCUT2D eigenvalue weighted by atomic mass is 9.96. The Hall–Kier alpha value is -1.47. The number of unbranched alkanes of at least 4 members (excludes halogenated alkanes) is 29. The van der Waals surface area contributed by atoms with E-state index in [1.54, 1.807) is 6.08 Å². The fraction of sp³-hybridized carbons (Fsp3) is 0.948. The first-order chi connectivity index (χ1) is 37.3. The van der Waals surface area contributed by atoms with E-state index in [9.17, 15) is 61.0 Å². The first kappa shape index (κ1) is 69.8. The van der Waals surface area contributed by atoms with Gasteiger partial charge in [0.2, 0.25) is 5.91 Å². The maximum atomic E-state index is 13.3. The van der Waals surface area contributed by atoms with Crippen LogP contribution in [0.1, 0.15) is 219 Å². The van der Waals surface area contributed by atoms with Gasteiger partial charge in [0.15, 0.2) is 18.9 Å². The zero-order valence-corrected chi connectivity index (χ0v) is 47.2. The van der Waals surface area contributed by atoms with Crippen molar-refractivity contribution in [3.63, 3.8) is 0 Å². The summed E-state index contributed by atoms with van der Waals surface area (Å²) in [5.74, 6) is -0.274. The number of nitrogens with one attached hydrogen (secondary N) is 1. The molecule has 3 saturated heterocycles. The fourth-order valence-corrected chi connectivity index (χ4v) is 10.5. The van der Waals surface area contributed by atoms with Crippen molar-refractivity contribution in [3.8, 4) is 0 Å². The van der Waals surface area contributed by atoms with E-state index in [1.807, 2.05) is 6.08 Å². The summed E-state index contributed by atoms with van der Waals surface area (Å²) >= 11 is 0. The van der Waals surface area contributed by atoms with Crippen molar-refractivity contribution in [2.75, 3.05) is 26.4 Å². The highest BCUT2D eigenvalue weighted by atomic mass is 16.8. The smallest absolute Gasteiger partial charge is 0.220 e. The SMILES string of the molecule is CCCCCCCCCCCCCCCCCCC/C=C/C(O)C(COC1OC(CO)C(OC2OC(CO)C(OC3OC(CO)C(O)C(O)C3O)C(O)C2O)C(O)C1O)NC(=O)CCCCCCCCCCCCCCC. The van der Waals surface area contributed by atoms with Gasteiger partial charge in [-0.15, -0.1) is 0 Å². The van der Waals surface area contributed by atoms with Crippen LogP contribution < -0.4 is 5.32 Å². The lowest BCUT2D eigenvalue weighted by Crippen LogP contribution is -2.66. The van der Waals surface area contributed by atoms with E-state index in [1.165, 1.54) is 148 Å². The molecule has 17 atom stereocenters. The van der Waals surface area contributed by atoms with E-state index in [0.29, 0.717) is 6.42 Å². The number of aliphatic hydroxyl groups is 11. The molecule has 454 valence electrons. The number of allylic oxidation sites excluding steroid dienone is 1. The van der Waals surface area contributed by atoms with E-state index >= 15 is 0 Å². The minimum Gasteiger partial charge on any atom is -0.394 e. The molecule has 0 aromatic heterocycles. The van der Waals surface area contributed by atoms with Gasteiger partial charge in [-0.2, -0.15) is 0 Å². The van der Waals surface area contributed by atoms with Gasteiger partial charge in [0.25, 0.3) is 0 Å². The van der Waals surface area contributed by atoms with Gasteiger partial charge < -0.3 is 89.9 Å². The molecule has 12 N–H and O–H groups in total. The van der Waals surface area contributed by atoms with Gasteiger partial charge >= 0.3 is 0 Å². The Morgan fingerprint density at radius 3 is 1.22 bits per heavy atom. The molecule has 0 aromatic carbocycles. The highest BCUT2D eigenvalue weighted by Crippen LogP contribution is 2.33. The number of hydrogen-bond acceptors (Lipinski definition) is 18. The van der Waals surface area contributed by atoms with Crippen LogP contribution in [0, 0.1) is 0 Å². The van der Waals surface area contributed by atoms with Gasteiger partial charge in [0.05, 0.1) is 38.6 Å². The normalized spacial score (nSPS) is 30.7. The van der Waals surface area contributed by atoms with Crippen LogP contribution in [0.5, 0.6) is 0 Å². The van der Waals surface area contributed by atoms with Crippen LogP contribution >= 0.6 is 0 Å². The number of hydrogen-bond donors (Lipinski definition) is 12. The molecule has 0 spiro atoms. The third-order valence-electron chi connectivity index (χ3n) is 15.6. The zero-order valence-electron chi connectivity index (χ0n) is 47.2. The number of ether oxygens (including phenoxy) is 6. The zero-order chi connectivity index (χ0) is 56.2. The standard InChI is InChI=1S/C58H109NO18/c1-3-5-7-9-11-13-15-17-18-19-20-21-22-24-25-27-29-31-33-35-42(63)41(59-46(64)36-34-32-30-28-26-23-16-14-12-10-8-6-4-2)40-72-56-52(70)49(67)54(44(38-61)74-56)77-58-53(71)50(68)55(45(39-62)75-58)76-57-51(69)48(66)47(65)43(37-60)73-57/h33,35,41-45,47-58,60-63,65-71H,3-32,34,36-40H2,1-2H3,(H,59,64)/b35-33+. The van der Waals surface area contributed by atoms with Gasteiger partial charge in [0, 0.05) is 6.42 Å². The van der Waals surface area contributed by atoms with E-state index in [4.69, 9.17) is 28.4 Å². The van der Waals surface area contributed by atoms with Crippen molar-refractivity contribution < 1.29 is 89.4 Å². The van der Waals surface area contributed by atoms with Crippen molar-refractivity contribution in [2.24, 2.45) is 0 Å². The number of aliphatic hydroxyl groups excluding tert-OH is 11. The minimum atomic E-state index is -1.97. The molecule has 19 nitrogen and oxygen atoms in total. The monoisotopic (exact) mass is 1110 g/mol. The summed E-state index contributed by atoms with van der Waals surface area (Å²) in [5, 5.41) is 120. The van der Waals surface area contributed by atoms with Crippen LogP contribution in [0.15, 0.2) is 12.2 Å². The quantitative estimate of drug-likeness (QED) is 0.0269. The van der Waals surface area contributed by atoms with E-state index in [-0.39, 0.29) is 18.9 Å². The Kier molecular flexibility index (Phi) is 38.4. The molecule has 0 saturated carbocycles. The number of rotatable bonds is 45. The van der Waals surface area contributed by atoms with Gasteiger partial charge in [-0.1, -0.05) is 206 Å². The molecule has 3 aliphatic rings. The van der Waals surface area contributed by atoms with Gasteiger partial charge in [0.1, 0.15) is 73.2 Å². The van der Waals surface area contributed by atoms with Gasteiger partial charge in [-0.25, -0.2) is 0 Å². The van der Waals surface area contributed by atoms with Crippen LogP contribution in [0.3, 0.4) is 0 Å². The molecular weight excluding hydrogens is 999 g/mol. The second-order valence-electron chi connectivity index (χ2n) is 22.2. The highest BCUT2D eigenvalue weighted by molar-refractivity contribution is 5.76. The summed E-state index contributed by atoms with van der Waals surface area (Å²) in [6.45, 7) is 1.73. The molecule has 17 unspecified atom stereocenters. The average molecular weight is 1110 g/mol. The maximum absolute atomic E-state index is 13.3. The summed E-state index contributed by atoms with van der Waals surface area (Å²) < 4.78 is 34.2. The lowest BCUT2D eigenvalue weighted by Gasteiger charge is -2.48. The molecule has 0 aliphatic carbocycles. The van der Waals surface area contributed by atoms with Crippen molar-refractivity contribution in [1.29, 1.82) is 0 Å². The van der Waals surface area contributed by atoms with Crippen molar-refractivity contribution >= 4 is 5.91 Å². The molecule has 3 rings (SSSR count). The van der Waals surface area contributed by atoms with Crippen molar-refractivity contribution in [1.82, 2.24) is 5.32 Å². The van der Waals surface area contributed by atoms with Gasteiger partial charge in [-0.05, 0) is 19.3 Å². The average Bonchev–Trinajstić information content (AvgIpc) is 3.43. The molecule has 77 heavy (non-hydrogen) atoms. The number of carbonyl (C=O) groups excluding carboxylic acids is 1. The molecule has 0 aromatic rings. The molecule has 3 heterocycles. The number of carbonyl (C=O) groups is 1. The summed E-state index contributed by atoms with van der Waals surface area (Å²) in [7, 11) is 0. The lowest BCUT2D eigenvalue weighted by molar-refractivity contribution is -0.379. The molecule has 0 radical (unpaired) electrons. The first-order valence-corrected chi connectivity index (χ1v) is 30.4. The predicted octanol–water partition coefficient (Wildman–Crippen LogP) is 5.38. The topological polar surface area (TPSA) is 307 Å². The highest BCUT2D eigenvalue weighted by Gasteiger charge is 2.53. The Balaban J connectivity index is 1.50. The second-order valence-corrected chi connectivity index (χ2v) is 22.2. The van der Waals surface area contributed by atoms with Crippen molar-refractivity contribution in [3.05, 3.63) is 12.2 Å². The van der Waals surface area contributed by atoms with Crippen LogP contribution in [0.25, 0.3) is 0 Å². The molecule has 1 amide bonds. The van der Waals surface area contributed by atoms with Crippen molar-refractivity contribution in [2.45, 2.75) is 324 Å². The van der Waals surface area contributed by atoms with E-state index in [2.05, 4.69) is 19.2 Å². The summed E-state index contributed by atoms with van der Waals surface area (Å²) in [4.78, 5) is 13.3. The maximum Gasteiger partial charge on any atom is 0.220 e. The summed E-state index contributed by atoms with van der Waals surface area (Å²) in [6.07, 6.45) is 14.8. The van der Waals surface area contributed by atoms with Crippen LogP contribution in [0.4, 0.5) is 0 Å². The molecule has 3 aliphatic heterocycles. The Morgan fingerprint density at radius 1 is 0.455 bits per heavy atom. The minimum absolute atomic E-state index is 0.248. The largest absolute Gasteiger partial charge is 0.394 e. The Bertz CT molecular complexity index is 1460. The van der Waals surface area contributed by atoms with E-state index < -0.39 is 124 Å². The Morgan fingerprint density at radius 2 is 0.805 bits per heavy atom. The summed E-state index contributed by atoms with van der Waals surface area (Å²) in [5.41, 5.74) is 0. The van der Waals surface area contributed by atoms with Crippen LogP contribution in [-0.4, -0.2) is 193 Å². The molecule has 19 heteroatoms. The van der Waals surface area contributed by atoms with E-state index in [0.717, 1.165) is 44.9 Å². The molecule has 0 bridgehead atoms. The van der Waals surface area contributed by atoms with Crippen LogP contribution in [-0.2, 0) is 33.2 Å². The summed E-state index contributed by atoms with van der Waals surface area (Å²) in [6, 6.07) is -0.966. The third-order valence-corrected chi connectivity index (χ3v) is 15.6. The predicted molar refractivity (Wildman–Crippen MR) is 291 cm³/mol.